The Balaban J connectivity index is 1.73. The van der Waals surface area contributed by atoms with E-state index in [0.29, 0.717) is 32.6 Å². The monoisotopic (exact) mass is 296 g/mol. The van der Waals surface area contributed by atoms with E-state index >= 15 is 0 Å². The van der Waals surface area contributed by atoms with Gasteiger partial charge in [0.05, 0.1) is 25.7 Å². The number of urea groups is 1. The number of ether oxygens (including phenoxy) is 1. The first-order valence-electron chi connectivity index (χ1n) is 7.23. The fraction of sp³-hybridized carbons (Fsp3) is 0.769. The summed E-state index contributed by atoms with van der Waals surface area (Å²) < 4.78 is 5.37. The lowest BCUT2D eigenvalue weighted by atomic mass is 9.88. The highest BCUT2D eigenvalue weighted by Crippen LogP contribution is 2.27. The van der Waals surface area contributed by atoms with E-state index in [0.717, 1.165) is 0 Å². The summed E-state index contributed by atoms with van der Waals surface area (Å²) in [5.74, 6) is -0.581. The molecule has 3 aliphatic heterocycles. The molecule has 21 heavy (non-hydrogen) atoms. The number of rotatable bonds is 2. The average Bonchev–Trinajstić information content (AvgIpc) is 3.03. The minimum Gasteiger partial charge on any atom is -0.379 e. The second-order valence-electron chi connectivity index (χ2n) is 5.89. The first kappa shape index (κ1) is 14.3. The fourth-order valence-corrected chi connectivity index (χ4v) is 3.38. The van der Waals surface area contributed by atoms with Crippen molar-refractivity contribution >= 4 is 17.8 Å². The summed E-state index contributed by atoms with van der Waals surface area (Å²) in [6.45, 7) is 1.75. The van der Waals surface area contributed by atoms with E-state index in [9.17, 15) is 14.4 Å². The topological polar surface area (TPSA) is 99.8 Å². The van der Waals surface area contributed by atoms with Crippen LogP contribution in [0.5, 0.6) is 0 Å². The SMILES string of the molecule is CNC1COCC1C(=O)N1CCCC2(C1)NC(=O)NC2=O. The van der Waals surface area contributed by atoms with Gasteiger partial charge < -0.3 is 20.3 Å². The largest absolute Gasteiger partial charge is 0.379 e. The van der Waals surface area contributed by atoms with E-state index in [1.54, 1.807) is 4.90 Å². The Morgan fingerprint density at radius 3 is 2.90 bits per heavy atom. The van der Waals surface area contributed by atoms with Crippen molar-refractivity contribution in [2.45, 2.75) is 24.4 Å². The lowest BCUT2D eigenvalue weighted by Crippen LogP contribution is -2.61. The minimum absolute atomic E-state index is 0.00220. The van der Waals surface area contributed by atoms with Gasteiger partial charge in [-0.25, -0.2) is 4.79 Å². The zero-order valence-corrected chi connectivity index (χ0v) is 12.0. The lowest BCUT2D eigenvalue weighted by Gasteiger charge is -2.39. The van der Waals surface area contributed by atoms with E-state index in [-0.39, 0.29) is 30.3 Å². The van der Waals surface area contributed by atoms with E-state index in [1.807, 2.05) is 7.05 Å². The summed E-state index contributed by atoms with van der Waals surface area (Å²) in [4.78, 5) is 37.7. The number of likely N-dealkylation sites (tertiary alicyclic amines) is 1. The van der Waals surface area contributed by atoms with Gasteiger partial charge in [0.15, 0.2) is 0 Å². The molecule has 8 heteroatoms. The second kappa shape index (κ2) is 5.27. The highest BCUT2D eigenvalue weighted by Gasteiger charge is 2.50. The first-order valence-corrected chi connectivity index (χ1v) is 7.23. The van der Waals surface area contributed by atoms with Gasteiger partial charge in [0.2, 0.25) is 5.91 Å². The van der Waals surface area contributed by atoms with Crippen LogP contribution in [0.15, 0.2) is 0 Å². The molecule has 0 aromatic heterocycles. The highest BCUT2D eigenvalue weighted by molar-refractivity contribution is 6.07. The maximum atomic E-state index is 12.7. The van der Waals surface area contributed by atoms with Crippen molar-refractivity contribution < 1.29 is 19.1 Å². The fourth-order valence-electron chi connectivity index (χ4n) is 3.38. The Bertz CT molecular complexity index is 483. The Labute approximate surface area is 122 Å². The molecule has 8 nitrogen and oxygen atoms in total. The van der Waals surface area contributed by atoms with Crippen LogP contribution in [0.3, 0.4) is 0 Å². The third-order valence-electron chi connectivity index (χ3n) is 4.59. The molecule has 0 aliphatic carbocycles. The van der Waals surface area contributed by atoms with Crippen molar-refractivity contribution in [1.82, 2.24) is 20.9 Å². The van der Waals surface area contributed by atoms with Crippen LogP contribution < -0.4 is 16.0 Å². The zero-order valence-electron chi connectivity index (χ0n) is 12.0. The van der Waals surface area contributed by atoms with Crippen LogP contribution in [0.1, 0.15) is 12.8 Å². The summed E-state index contributed by atoms with van der Waals surface area (Å²) >= 11 is 0. The number of likely N-dealkylation sites (N-methyl/N-ethyl adjacent to an activating group) is 1. The van der Waals surface area contributed by atoms with Crippen molar-refractivity contribution in [1.29, 1.82) is 0 Å². The van der Waals surface area contributed by atoms with Crippen LogP contribution in [0.25, 0.3) is 0 Å². The minimum atomic E-state index is -0.959. The molecular weight excluding hydrogens is 276 g/mol. The number of carbonyl (C=O) groups excluding carboxylic acids is 3. The number of piperidine rings is 1. The normalized spacial score (nSPS) is 36.0. The van der Waals surface area contributed by atoms with Crippen molar-refractivity contribution in [2.24, 2.45) is 5.92 Å². The number of carbonyl (C=O) groups is 3. The molecule has 0 saturated carbocycles. The Kier molecular flexibility index (Phi) is 3.58. The molecule has 3 rings (SSSR count). The van der Waals surface area contributed by atoms with Crippen LogP contribution in [-0.4, -0.2) is 67.7 Å². The van der Waals surface area contributed by atoms with Crippen molar-refractivity contribution in [3.05, 3.63) is 0 Å². The molecule has 1 spiro atoms. The van der Waals surface area contributed by atoms with Gasteiger partial charge in [-0.2, -0.15) is 0 Å². The van der Waals surface area contributed by atoms with Crippen LogP contribution in [-0.2, 0) is 14.3 Å². The number of amides is 4. The molecule has 3 atom stereocenters. The smallest absolute Gasteiger partial charge is 0.322 e. The molecule has 4 amide bonds. The molecular formula is C13H20N4O4. The summed E-state index contributed by atoms with van der Waals surface area (Å²) in [6, 6.07) is -0.478. The van der Waals surface area contributed by atoms with Gasteiger partial charge in [-0.3, -0.25) is 14.9 Å². The number of hydrogen-bond acceptors (Lipinski definition) is 5. The highest BCUT2D eigenvalue weighted by atomic mass is 16.5. The molecule has 0 aromatic carbocycles. The molecule has 116 valence electrons. The predicted molar refractivity (Wildman–Crippen MR) is 72.4 cm³/mol. The van der Waals surface area contributed by atoms with Crippen LogP contribution in [0, 0.1) is 5.92 Å². The summed E-state index contributed by atoms with van der Waals surface area (Å²) in [6.07, 6.45) is 1.25. The van der Waals surface area contributed by atoms with Crippen LogP contribution in [0.2, 0.25) is 0 Å². The third-order valence-corrected chi connectivity index (χ3v) is 4.59. The summed E-state index contributed by atoms with van der Waals surface area (Å²) in [5, 5.41) is 8.03. The van der Waals surface area contributed by atoms with Crippen molar-refractivity contribution in [3.63, 3.8) is 0 Å². The molecule has 0 aromatic rings. The summed E-state index contributed by atoms with van der Waals surface area (Å²) in [5.41, 5.74) is -0.959. The maximum absolute atomic E-state index is 12.7. The second-order valence-corrected chi connectivity index (χ2v) is 5.89. The number of imide groups is 1. The maximum Gasteiger partial charge on any atom is 0.322 e. The van der Waals surface area contributed by atoms with Crippen molar-refractivity contribution in [2.75, 3.05) is 33.4 Å². The van der Waals surface area contributed by atoms with Gasteiger partial charge in [0, 0.05) is 12.6 Å². The number of nitrogens with one attached hydrogen (secondary N) is 3. The van der Waals surface area contributed by atoms with E-state index in [2.05, 4.69) is 16.0 Å². The van der Waals surface area contributed by atoms with Gasteiger partial charge in [-0.15, -0.1) is 0 Å². The third kappa shape index (κ3) is 2.38. The Hall–Kier alpha value is -1.67. The van der Waals surface area contributed by atoms with Gasteiger partial charge in [0.1, 0.15) is 5.54 Å². The first-order chi connectivity index (χ1) is 10.1. The van der Waals surface area contributed by atoms with Gasteiger partial charge >= 0.3 is 6.03 Å². The predicted octanol–water partition coefficient (Wildman–Crippen LogP) is -1.58. The standard InChI is InChI=1S/C13H20N4O4/c1-14-9-6-21-5-8(9)10(18)17-4-2-3-13(7-17)11(19)15-12(20)16-13/h8-9,14H,2-7H2,1H3,(H2,15,16,19,20). The molecule has 3 fully saturated rings. The van der Waals surface area contributed by atoms with Crippen LogP contribution in [0.4, 0.5) is 4.79 Å². The Morgan fingerprint density at radius 1 is 1.43 bits per heavy atom. The van der Waals surface area contributed by atoms with Gasteiger partial charge in [-0.1, -0.05) is 0 Å². The Morgan fingerprint density at radius 2 is 2.24 bits per heavy atom. The molecule has 0 bridgehead atoms. The molecule has 3 unspecified atom stereocenters. The van der Waals surface area contributed by atoms with Crippen molar-refractivity contribution in [3.8, 4) is 0 Å². The number of hydrogen-bond donors (Lipinski definition) is 3. The molecule has 3 heterocycles. The van der Waals surface area contributed by atoms with Crippen LogP contribution >= 0.6 is 0 Å². The summed E-state index contributed by atoms with van der Waals surface area (Å²) in [7, 11) is 1.81. The van der Waals surface area contributed by atoms with E-state index in [4.69, 9.17) is 4.74 Å². The quantitative estimate of drug-likeness (QED) is 0.534. The van der Waals surface area contributed by atoms with E-state index < -0.39 is 11.6 Å². The zero-order chi connectivity index (χ0) is 15.0. The van der Waals surface area contributed by atoms with Gasteiger partial charge in [0.25, 0.3) is 5.91 Å². The lowest BCUT2D eigenvalue weighted by molar-refractivity contribution is -0.140. The molecule has 3 aliphatic rings. The average molecular weight is 296 g/mol. The molecule has 3 saturated heterocycles. The van der Waals surface area contributed by atoms with E-state index in [1.165, 1.54) is 0 Å². The molecule has 0 radical (unpaired) electrons. The van der Waals surface area contributed by atoms with Gasteiger partial charge in [-0.05, 0) is 19.9 Å². The number of nitrogens with zero attached hydrogens (tertiary/aromatic N) is 1. The molecule has 3 N–H and O–H groups in total.